The lowest BCUT2D eigenvalue weighted by Gasteiger charge is -2.16. The van der Waals surface area contributed by atoms with Crippen molar-refractivity contribution in [3.05, 3.63) is 29.5 Å². The molecule has 1 heterocycles. The summed E-state index contributed by atoms with van der Waals surface area (Å²) in [6.07, 6.45) is 4.64. The normalized spacial score (nSPS) is 16.9. The van der Waals surface area contributed by atoms with E-state index in [-0.39, 0.29) is 11.2 Å². The molecule has 1 N–H and O–H groups in total. The Morgan fingerprint density at radius 3 is 2.76 bits per heavy atom. The Labute approximate surface area is 128 Å². The molecule has 0 radical (unpaired) electrons. The van der Waals surface area contributed by atoms with Gasteiger partial charge >= 0.3 is 0 Å². The number of sulfone groups is 1. The van der Waals surface area contributed by atoms with Gasteiger partial charge in [0.1, 0.15) is 22.0 Å². The van der Waals surface area contributed by atoms with E-state index >= 15 is 0 Å². The summed E-state index contributed by atoms with van der Waals surface area (Å²) < 4.78 is 23.0. The number of nitrogens with one attached hydrogen (secondary N) is 1. The van der Waals surface area contributed by atoms with Gasteiger partial charge in [-0.25, -0.2) is 18.4 Å². The highest BCUT2D eigenvalue weighted by Gasteiger charge is 2.45. The van der Waals surface area contributed by atoms with Gasteiger partial charge in [-0.05, 0) is 31.0 Å². The Bertz CT molecular complexity index is 788. The van der Waals surface area contributed by atoms with Crippen molar-refractivity contribution in [3.63, 3.8) is 0 Å². The molecule has 0 saturated heterocycles. The minimum atomic E-state index is -2.96. The quantitative estimate of drug-likeness (QED) is 0.914. The highest BCUT2D eigenvalue weighted by atomic mass is 35.5. The molecule has 112 valence electrons. The molecule has 1 fully saturated rings. The van der Waals surface area contributed by atoms with Crippen LogP contribution in [0.2, 0.25) is 5.02 Å². The van der Waals surface area contributed by atoms with Crippen LogP contribution >= 0.6 is 11.6 Å². The van der Waals surface area contributed by atoms with E-state index in [0.717, 1.165) is 29.6 Å². The van der Waals surface area contributed by atoms with Gasteiger partial charge in [-0.15, -0.1) is 0 Å². The molecule has 1 aromatic heterocycles. The number of aromatic nitrogens is 2. The highest BCUT2D eigenvalue weighted by Crippen LogP contribution is 2.46. The van der Waals surface area contributed by atoms with Gasteiger partial charge in [0, 0.05) is 28.6 Å². The second-order valence-electron chi connectivity index (χ2n) is 5.81. The van der Waals surface area contributed by atoms with Crippen molar-refractivity contribution in [1.29, 1.82) is 0 Å². The van der Waals surface area contributed by atoms with Crippen molar-refractivity contribution in [1.82, 2.24) is 9.97 Å². The van der Waals surface area contributed by atoms with Crippen molar-refractivity contribution in [3.8, 4) is 0 Å². The fraction of sp³-hybridized carbons (Fsp3) is 0.429. The number of fused-ring (bicyclic) bond motifs is 1. The van der Waals surface area contributed by atoms with Crippen LogP contribution in [0.1, 0.15) is 12.8 Å². The number of hydrogen-bond donors (Lipinski definition) is 1. The van der Waals surface area contributed by atoms with E-state index in [1.54, 1.807) is 12.1 Å². The third-order valence-corrected chi connectivity index (χ3v) is 5.13. The van der Waals surface area contributed by atoms with E-state index in [9.17, 15) is 8.42 Å². The first-order chi connectivity index (χ1) is 9.87. The number of anilines is 1. The van der Waals surface area contributed by atoms with Crippen LogP contribution in [0.15, 0.2) is 24.5 Å². The molecule has 0 amide bonds. The predicted octanol–water partition coefficient (Wildman–Crippen LogP) is 2.52. The Hall–Kier alpha value is -1.40. The van der Waals surface area contributed by atoms with Gasteiger partial charge in [0.2, 0.25) is 0 Å². The second kappa shape index (κ2) is 5.10. The summed E-state index contributed by atoms with van der Waals surface area (Å²) in [5.74, 6) is 0.943. The molecule has 3 rings (SSSR count). The van der Waals surface area contributed by atoms with Crippen LogP contribution in [0.4, 0.5) is 5.82 Å². The van der Waals surface area contributed by atoms with Crippen LogP contribution in [-0.4, -0.2) is 36.9 Å². The van der Waals surface area contributed by atoms with Crippen molar-refractivity contribution < 1.29 is 8.42 Å². The topological polar surface area (TPSA) is 72.0 Å². The van der Waals surface area contributed by atoms with Crippen molar-refractivity contribution in [2.75, 3.05) is 23.9 Å². The first kappa shape index (κ1) is 14.5. The Balaban J connectivity index is 1.80. The van der Waals surface area contributed by atoms with E-state index in [1.165, 1.54) is 12.6 Å². The maximum Gasteiger partial charge on any atom is 0.148 e. The molecule has 1 aromatic carbocycles. The summed E-state index contributed by atoms with van der Waals surface area (Å²) in [7, 11) is -2.96. The third-order valence-electron chi connectivity index (χ3n) is 3.75. The number of rotatable bonds is 5. The van der Waals surface area contributed by atoms with Crippen LogP contribution in [-0.2, 0) is 9.84 Å². The first-order valence-corrected chi connectivity index (χ1v) is 9.13. The third kappa shape index (κ3) is 3.44. The summed E-state index contributed by atoms with van der Waals surface area (Å²) >= 11 is 5.96. The maximum absolute atomic E-state index is 11.5. The standard InChI is InChI=1S/C14H16ClN3O2S/c1-21(19,20)8-14(4-5-14)7-16-13-11-3-2-10(15)6-12(11)17-9-18-13/h2-3,6,9H,4-5,7-8H2,1H3,(H,16,17,18). The Morgan fingerprint density at radius 2 is 2.10 bits per heavy atom. The van der Waals surface area contributed by atoms with Gasteiger partial charge in [0.15, 0.2) is 0 Å². The lowest BCUT2D eigenvalue weighted by molar-refractivity contribution is 0.560. The van der Waals surface area contributed by atoms with Gasteiger partial charge in [-0.2, -0.15) is 0 Å². The zero-order chi connectivity index (χ0) is 15.1. The van der Waals surface area contributed by atoms with E-state index < -0.39 is 9.84 Å². The molecule has 21 heavy (non-hydrogen) atoms. The molecule has 5 nitrogen and oxygen atoms in total. The first-order valence-electron chi connectivity index (χ1n) is 6.69. The highest BCUT2D eigenvalue weighted by molar-refractivity contribution is 7.90. The molecule has 1 aliphatic rings. The molecular weight excluding hydrogens is 310 g/mol. The van der Waals surface area contributed by atoms with Crippen LogP contribution in [0, 0.1) is 5.41 Å². The molecule has 7 heteroatoms. The van der Waals surface area contributed by atoms with Crippen molar-refractivity contribution in [2.45, 2.75) is 12.8 Å². The van der Waals surface area contributed by atoms with Gasteiger partial charge in [0.05, 0.1) is 11.3 Å². The molecule has 1 aliphatic carbocycles. The van der Waals surface area contributed by atoms with Gasteiger partial charge in [0.25, 0.3) is 0 Å². The number of benzene rings is 1. The van der Waals surface area contributed by atoms with Crippen LogP contribution in [0.3, 0.4) is 0 Å². The zero-order valence-electron chi connectivity index (χ0n) is 11.6. The molecule has 0 unspecified atom stereocenters. The monoisotopic (exact) mass is 325 g/mol. The van der Waals surface area contributed by atoms with E-state index in [4.69, 9.17) is 11.6 Å². The SMILES string of the molecule is CS(=O)(=O)CC1(CNc2ncnc3cc(Cl)ccc23)CC1. The summed E-state index contributed by atoms with van der Waals surface area (Å²) in [4.78, 5) is 8.44. The lowest BCUT2D eigenvalue weighted by atomic mass is 10.1. The summed E-state index contributed by atoms with van der Waals surface area (Å²) in [6.45, 7) is 0.606. The fourth-order valence-corrected chi connectivity index (χ4v) is 4.22. The van der Waals surface area contributed by atoms with Crippen LogP contribution < -0.4 is 5.32 Å². The zero-order valence-corrected chi connectivity index (χ0v) is 13.2. The minimum absolute atomic E-state index is 0.142. The van der Waals surface area contributed by atoms with Crippen molar-refractivity contribution in [2.24, 2.45) is 5.41 Å². The number of halogens is 1. The van der Waals surface area contributed by atoms with Crippen LogP contribution in [0.5, 0.6) is 0 Å². The van der Waals surface area contributed by atoms with E-state index in [0.29, 0.717) is 11.6 Å². The van der Waals surface area contributed by atoms with Crippen molar-refractivity contribution >= 4 is 38.2 Å². The second-order valence-corrected chi connectivity index (χ2v) is 8.38. The largest absolute Gasteiger partial charge is 0.369 e. The van der Waals surface area contributed by atoms with Gasteiger partial charge in [-0.3, -0.25) is 0 Å². The van der Waals surface area contributed by atoms with E-state index in [1.807, 2.05) is 6.07 Å². The Morgan fingerprint density at radius 1 is 1.33 bits per heavy atom. The summed E-state index contributed by atoms with van der Waals surface area (Å²) in [5, 5.41) is 4.79. The molecule has 1 saturated carbocycles. The minimum Gasteiger partial charge on any atom is -0.369 e. The van der Waals surface area contributed by atoms with Crippen LogP contribution in [0.25, 0.3) is 10.9 Å². The number of hydrogen-bond acceptors (Lipinski definition) is 5. The lowest BCUT2D eigenvalue weighted by Crippen LogP contribution is -2.24. The molecule has 2 aromatic rings. The maximum atomic E-state index is 11.5. The molecule has 0 spiro atoms. The predicted molar refractivity (Wildman–Crippen MR) is 84.4 cm³/mol. The Kier molecular flexibility index (Phi) is 3.53. The number of nitrogens with zero attached hydrogens (tertiary/aromatic N) is 2. The smallest absolute Gasteiger partial charge is 0.148 e. The summed E-state index contributed by atoms with van der Waals surface area (Å²) in [6, 6.07) is 5.45. The van der Waals surface area contributed by atoms with Gasteiger partial charge < -0.3 is 5.32 Å². The van der Waals surface area contributed by atoms with Gasteiger partial charge in [-0.1, -0.05) is 11.6 Å². The van der Waals surface area contributed by atoms with E-state index in [2.05, 4.69) is 15.3 Å². The summed E-state index contributed by atoms with van der Waals surface area (Å²) in [5.41, 5.74) is 0.630. The molecular formula is C14H16ClN3O2S. The molecule has 0 aliphatic heterocycles. The molecule has 0 bridgehead atoms. The average Bonchev–Trinajstić information content (AvgIpc) is 3.13. The fourth-order valence-electron chi connectivity index (χ4n) is 2.55. The molecule has 0 atom stereocenters. The average molecular weight is 326 g/mol.